The van der Waals surface area contributed by atoms with Crippen molar-refractivity contribution < 1.29 is 14.3 Å². The number of carbonyl (C=O) groups excluding carboxylic acids is 2. The zero-order valence-corrected chi connectivity index (χ0v) is 11.0. The van der Waals surface area contributed by atoms with Gasteiger partial charge < -0.3 is 15.0 Å². The summed E-state index contributed by atoms with van der Waals surface area (Å²) < 4.78 is 4.89. The third-order valence-electron chi connectivity index (χ3n) is 3.05. The number of likely N-dealkylation sites (tertiary alicyclic amines) is 1. The topological polar surface area (TPSA) is 58.6 Å². The third kappa shape index (κ3) is 4.49. The summed E-state index contributed by atoms with van der Waals surface area (Å²) in [4.78, 5) is 25.5. The van der Waals surface area contributed by atoms with E-state index in [1.54, 1.807) is 7.05 Å². The van der Waals surface area contributed by atoms with Crippen molar-refractivity contribution in [1.82, 2.24) is 10.2 Å². The average molecular weight is 254 g/mol. The Balaban J connectivity index is 2.45. The zero-order chi connectivity index (χ0) is 13.4. The van der Waals surface area contributed by atoms with Crippen molar-refractivity contribution in [2.45, 2.75) is 31.7 Å². The number of amides is 1. The van der Waals surface area contributed by atoms with Gasteiger partial charge in [0, 0.05) is 13.1 Å². The van der Waals surface area contributed by atoms with E-state index >= 15 is 0 Å². The summed E-state index contributed by atoms with van der Waals surface area (Å²) >= 11 is 0. The van der Waals surface area contributed by atoms with Crippen LogP contribution in [-0.4, -0.2) is 49.6 Å². The molecule has 1 fully saturated rings. The number of esters is 1. The molecule has 1 aliphatic heterocycles. The number of likely N-dealkylation sites (N-methyl/N-ethyl adjacent to an activating group) is 1. The number of nitrogens with zero attached hydrogens (tertiary/aromatic N) is 1. The van der Waals surface area contributed by atoms with E-state index in [4.69, 9.17) is 4.74 Å². The molecule has 1 saturated heterocycles. The molecule has 102 valence electrons. The van der Waals surface area contributed by atoms with Crippen LogP contribution < -0.4 is 5.32 Å². The maximum absolute atomic E-state index is 12.2. The minimum atomic E-state index is -0.486. The summed E-state index contributed by atoms with van der Waals surface area (Å²) in [5.41, 5.74) is 0. The van der Waals surface area contributed by atoms with E-state index in [1.165, 1.54) is 12.5 Å². The maximum Gasteiger partial charge on any atom is 0.308 e. The molecule has 1 N–H and O–H groups in total. The van der Waals surface area contributed by atoms with Crippen molar-refractivity contribution in [2.24, 2.45) is 0 Å². The lowest BCUT2D eigenvalue weighted by Gasteiger charge is -2.30. The van der Waals surface area contributed by atoms with Gasteiger partial charge in [-0.2, -0.15) is 0 Å². The van der Waals surface area contributed by atoms with E-state index in [2.05, 4.69) is 11.9 Å². The molecular weight excluding hydrogens is 232 g/mol. The highest BCUT2D eigenvalue weighted by Crippen LogP contribution is 2.11. The molecular formula is C13H22N2O3. The summed E-state index contributed by atoms with van der Waals surface area (Å²) in [6.07, 6.45) is 4.85. The highest BCUT2D eigenvalue weighted by molar-refractivity contribution is 5.86. The van der Waals surface area contributed by atoms with E-state index in [0.717, 1.165) is 25.9 Å². The quantitative estimate of drug-likeness (QED) is 0.560. The first-order valence-corrected chi connectivity index (χ1v) is 6.41. The minimum absolute atomic E-state index is 0.00671. The van der Waals surface area contributed by atoms with Crippen molar-refractivity contribution >= 4 is 11.9 Å². The summed E-state index contributed by atoms with van der Waals surface area (Å²) in [7, 11) is 1.69. The fourth-order valence-corrected chi connectivity index (χ4v) is 2.02. The van der Waals surface area contributed by atoms with E-state index < -0.39 is 6.04 Å². The molecule has 0 aliphatic carbocycles. The Morgan fingerprint density at radius 1 is 1.39 bits per heavy atom. The van der Waals surface area contributed by atoms with Crippen LogP contribution in [0.1, 0.15) is 25.7 Å². The van der Waals surface area contributed by atoms with Crippen LogP contribution >= 0.6 is 0 Å². The number of hydrogen-bond acceptors (Lipinski definition) is 4. The van der Waals surface area contributed by atoms with Crippen LogP contribution in [0.4, 0.5) is 0 Å². The fraction of sp³-hybridized carbons (Fsp3) is 0.692. The Kier molecular flexibility index (Phi) is 6.43. The van der Waals surface area contributed by atoms with Crippen LogP contribution in [0, 0.1) is 0 Å². The monoisotopic (exact) mass is 254 g/mol. The second-order valence-electron chi connectivity index (χ2n) is 4.40. The van der Waals surface area contributed by atoms with E-state index in [-0.39, 0.29) is 24.9 Å². The number of hydrogen-bond donors (Lipinski definition) is 1. The Bertz CT molecular complexity index is 299. The molecule has 18 heavy (non-hydrogen) atoms. The van der Waals surface area contributed by atoms with Gasteiger partial charge in [-0.1, -0.05) is 12.7 Å². The van der Waals surface area contributed by atoms with Crippen LogP contribution in [0.2, 0.25) is 0 Å². The molecule has 1 atom stereocenters. The van der Waals surface area contributed by atoms with Crippen LogP contribution in [-0.2, 0) is 14.3 Å². The number of rotatable bonds is 6. The van der Waals surface area contributed by atoms with Crippen molar-refractivity contribution in [3.8, 4) is 0 Å². The summed E-state index contributed by atoms with van der Waals surface area (Å²) in [5.74, 6) is -0.382. The summed E-state index contributed by atoms with van der Waals surface area (Å²) in [6, 6.07) is -0.486. The molecule has 0 radical (unpaired) electrons. The second-order valence-corrected chi connectivity index (χ2v) is 4.40. The molecule has 1 rings (SSSR count). The van der Waals surface area contributed by atoms with Gasteiger partial charge in [-0.3, -0.25) is 9.59 Å². The van der Waals surface area contributed by atoms with E-state index in [1.807, 2.05) is 4.90 Å². The molecule has 5 heteroatoms. The number of ether oxygens (including phenoxy) is 1. The van der Waals surface area contributed by atoms with Gasteiger partial charge in [0.05, 0.1) is 12.5 Å². The molecule has 0 aromatic rings. The van der Waals surface area contributed by atoms with Gasteiger partial charge >= 0.3 is 5.97 Å². The predicted molar refractivity (Wildman–Crippen MR) is 69.1 cm³/mol. The van der Waals surface area contributed by atoms with Crippen LogP contribution in [0.25, 0.3) is 0 Å². The summed E-state index contributed by atoms with van der Waals surface area (Å²) in [5, 5.41) is 2.89. The molecule has 0 saturated carbocycles. The molecule has 0 spiro atoms. The molecule has 1 aliphatic rings. The Labute approximate surface area is 108 Å². The molecule has 1 heterocycles. The van der Waals surface area contributed by atoms with E-state index in [9.17, 15) is 9.59 Å². The molecule has 1 amide bonds. The van der Waals surface area contributed by atoms with Gasteiger partial charge in [0.25, 0.3) is 0 Å². The fourth-order valence-electron chi connectivity index (χ4n) is 2.02. The first kappa shape index (κ1) is 14.7. The highest BCUT2D eigenvalue weighted by Gasteiger charge is 2.26. The van der Waals surface area contributed by atoms with Crippen LogP contribution in [0.5, 0.6) is 0 Å². The molecule has 5 nitrogen and oxygen atoms in total. The highest BCUT2D eigenvalue weighted by atomic mass is 16.5. The lowest BCUT2D eigenvalue weighted by molar-refractivity contribution is -0.146. The lowest BCUT2D eigenvalue weighted by Crippen LogP contribution is -2.48. The number of nitrogens with one attached hydrogen (secondary N) is 1. The lowest BCUT2D eigenvalue weighted by atomic mass is 10.1. The van der Waals surface area contributed by atoms with Gasteiger partial charge in [-0.15, -0.1) is 0 Å². The normalized spacial score (nSPS) is 17.1. The van der Waals surface area contributed by atoms with Gasteiger partial charge in [0.2, 0.25) is 5.91 Å². The van der Waals surface area contributed by atoms with Crippen LogP contribution in [0.3, 0.4) is 0 Å². The van der Waals surface area contributed by atoms with Gasteiger partial charge in [-0.05, 0) is 26.3 Å². The average Bonchev–Trinajstić information content (AvgIpc) is 2.42. The molecule has 0 aromatic carbocycles. The van der Waals surface area contributed by atoms with Crippen molar-refractivity contribution in [3.63, 3.8) is 0 Å². The first-order chi connectivity index (χ1) is 8.69. The molecule has 0 aromatic heterocycles. The van der Waals surface area contributed by atoms with Gasteiger partial charge in [-0.25, -0.2) is 0 Å². The second kappa shape index (κ2) is 7.87. The van der Waals surface area contributed by atoms with Gasteiger partial charge in [0.15, 0.2) is 0 Å². The SMILES string of the molecule is C=CCOC(=O)CC(NC)C(=O)N1CCCCC1. The molecule has 1 unspecified atom stereocenters. The van der Waals surface area contributed by atoms with Gasteiger partial charge in [0.1, 0.15) is 6.61 Å². The Morgan fingerprint density at radius 2 is 2.06 bits per heavy atom. The van der Waals surface area contributed by atoms with Crippen LogP contribution in [0.15, 0.2) is 12.7 Å². The third-order valence-corrected chi connectivity index (χ3v) is 3.05. The predicted octanol–water partition coefficient (Wildman–Crippen LogP) is 0.706. The minimum Gasteiger partial charge on any atom is -0.461 e. The van der Waals surface area contributed by atoms with Crippen molar-refractivity contribution in [2.75, 3.05) is 26.7 Å². The number of piperidine rings is 1. The standard InChI is InChI=1S/C13H22N2O3/c1-3-9-18-12(16)10-11(14-2)13(17)15-7-5-4-6-8-15/h3,11,14H,1,4-10H2,2H3. The first-order valence-electron chi connectivity index (χ1n) is 6.41. The van der Waals surface area contributed by atoms with Crippen molar-refractivity contribution in [3.05, 3.63) is 12.7 Å². The van der Waals surface area contributed by atoms with E-state index in [0.29, 0.717) is 0 Å². The molecule has 0 bridgehead atoms. The number of carbonyl (C=O) groups is 2. The Morgan fingerprint density at radius 3 is 2.61 bits per heavy atom. The smallest absolute Gasteiger partial charge is 0.308 e. The maximum atomic E-state index is 12.2. The van der Waals surface area contributed by atoms with Crippen molar-refractivity contribution in [1.29, 1.82) is 0 Å². The Hall–Kier alpha value is -1.36. The zero-order valence-electron chi connectivity index (χ0n) is 11.0. The largest absolute Gasteiger partial charge is 0.461 e. The summed E-state index contributed by atoms with van der Waals surface area (Å²) in [6.45, 7) is 5.24.